The van der Waals surface area contributed by atoms with Gasteiger partial charge >= 0.3 is 6.03 Å². The highest BCUT2D eigenvalue weighted by molar-refractivity contribution is 7.90. The second kappa shape index (κ2) is 10.3. The summed E-state index contributed by atoms with van der Waals surface area (Å²) in [4.78, 5) is 41.4. The molecule has 3 atom stereocenters. The van der Waals surface area contributed by atoms with Crippen molar-refractivity contribution in [2.24, 2.45) is 17.8 Å². The number of carbonyl (C=O) groups excluding carboxylic acids is 3. The van der Waals surface area contributed by atoms with Crippen molar-refractivity contribution in [1.29, 1.82) is 0 Å². The lowest BCUT2D eigenvalue weighted by Crippen LogP contribution is -2.63. The minimum atomic E-state index is -3.53. The molecule has 198 valence electrons. The van der Waals surface area contributed by atoms with Gasteiger partial charge in [0.05, 0.1) is 11.2 Å². The third-order valence-electron chi connectivity index (χ3n) is 8.48. The number of amides is 4. The molecule has 4 fully saturated rings. The summed E-state index contributed by atoms with van der Waals surface area (Å²) in [6.45, 7) is 2.97. The van der Waals surface area contributed by atoms with Crippen LogP contribution < -0.4 is 10.0 Å². The Bertz CT molecular complexity index is 928. The van der Waals surface area contributed by atoms with Crippen LogP contribution in [0.3, 0.4) is 0 Å². The summed E-state index contributed by atoms with van der Waals surface area (Å²) in [6.07, 6.45) is 6.57. The molecular formula is C24H40N4O6S. The third-order valence-corrected chi connectivity index (χ3v) is 10.6. The molecule has 1 saturated heterocycles. The molecule has 0 aromatic carbocycles. The number of aliphatic hydroxyl groups excluding tert-OH is 1. The summed E-state index contributed by atoms with van der Waals surface area (Å²) in [7, 11) is -2.04. The van der Waals surface area contributed by atoms with Crippen LogP contribution in [0.5, 0.6) is 0 Å². The Hall–Kier alpha value is -1.72. The molecule has 4 rings (SSSR count). The summed E-state index contributed by atoms with van der Waals surface area (Å²) < 4.78 is 28.8. The van der Waals surface area contributed by atoms with Gasteiger partial charge in [-0.1, -0.05) is 0 Å². The van der Waals surface area contributed by atoms with Crippen LogP contribution in [0.2, 0.25) is 0 Å². The van der Waals surface area contributed by atoms with Crippen LogP contribution in [0.1, 0.15) is 71.1 Å². The zero-order valence-electron chi connectivity index (χ0n) is 20.9. The molecule has 4 aliphatic rings. The fourth-order valence-corrected chi connectivity index (χ4v) is 7.93. The fourth-order valence-electron chi connectivity index (χ4n) is 5.96. The van der Waals surface area contributed by atoms with E-state index in [1.165, 1.54) is 7.05 Å². The highest BCUT2D eigenvalue weighted by Crippen LogP contribution is 2.41. The first-order valence-corrected chi connectivity index (χ1v) is 14.6. The summed E-state index contributed by atoms with van der Waals surface area (Å²) in [5.41, 5.74) is -0.348. The Morgan fingerprint density at radius 1 is 1.11 bits per heavy atom. The Labute approximate surface area is 208 Å². The Balaban J connectivity index is 1.36. The molecule has 3 unspecified atom stereocenters. The van der Waals surface area contributed by atoms with Gasteiger partial charge in [-0.3, -0.25) is 14.5 Å². The summed E-state index contributed by atoms with van der Waals surface area (Å²) in [6, 6.07) is -0.571. The van der Waals surface area contributed by atoms with E-state index in [-0.39, 0.29) is 54.3 Å². The number of rotatable bonds is 9. The van der Waals surface area contributed by atoms with Gasteiger partial charge in [0.2, 0.25) is 21.8 Å². The molecule has 1 heterocycles. The Morgan fingerprint density at radius 3 is 2.43 bits per heavy atom. The average molecular weight is 513 g/mol. The van der Waals surface area contributed by atoms with E-state index in [4.69, 9.17) is 5.11 Å². The number of hydrogen-bond donors (Lipinski definition) is 3. The summed E-state index contributed by atoms with van der Waals surface area (Å²) in [5.74, 6) is -0.545. The normalized spacial score (nSPS) is 32.8. The first-order valence-electron chi connectivity index (χ1n) is 13.0. The molecule has 0 aromatic rings. The van der Waals surface area contributed by atoms with Crippen molar-refractivity contribution in [3.63, 3.8) is 0 Å². The number of aliphatic hydroxyl groups is 1. The zero-order valence-corrected chi connectivity index (χ0v) is 21.7. The van der Waals surface area contributed by atoms with Crippen molar-refractivity contribution in [2.45, 2.75) is 88.0 Å². The van der Waals surface area contributed by atoms with Crippen LogP contribution in [0.25, 0.3) is 0 Å². The Kier molecular flexibility index (Phi) is 7.78. The first-order chi connectivity index (χ1) is 16.5. The van der Waals surface area contributed by atoms with Crippen molar-refractivity contribution in [3.8, 4) is 0 Å². The van der Waals surface area contributed by atoms with Gasteiger partial charge in [0.1, 0.15) is 0 Å². The molecule has 3 aliphatic carbocycles. The van der Waals surface area contributed by atoms with Gasteiger partial charge < -0.3 is 15.3 Å². The number of hydrogen-bond acceptors (Lipinski definition) is 6. The molecule has 0 bridgehead atoms. The van der Waals surface area contributed by atoms with Crippen molar-refractivity contribution in [2.75, 3.05) is 26.7 Å². The largest absolute Gasteiger partial charge is 0.396 e. The molecule has 0 aromatic heterocycles. The molecule has 3 saturated carbocycles. The number of nitrogens with one attached hydrogen (secondary N) is 2. The maximum atomic E-state index is 13.1. The van der Waals surface area contributed by atoms with Gasteiger partial charge in [0.15, 0.2) is 0 Å². The monoisotopic (exact) mass is 512 g/mol. The van der Waals surface area contributed by atoms with Crippen LogP contribution in [0.4, 0.5) is 4.79 Å². The lowest BCUT2D eigenvalue weighted by molar-refractivity contribution is -0.139. The van der Waals surface area contributed by atoms with Crippen molar-refractivity contribution in [1.82, 2.24) is 19.8 Å². The maximum absolute atomic E-state index is 13.1. The quantitative estimate of drug-likeness (QED) is 0.397. The van der Waals surface area contributed by atoms with Crippen LogP contribution in [0, 0.1) is 17.8 Å². The van der Waals surface area contributed by atoms with Crippen molar-refractivity contribution in [3.05, 3.63) is 0 Å². The summed E-state index contributed by atoms with van der Waals surface area (Å²) >= 11 is 0. The fraction of sp³-hybridized carbons (Fsp3) is 0.875. The number of fused-ring (bicyclic) bond motifs is 1. The van der Waals surface area contributed by atoms with Gasteiger partial charge in [-0.15, -0.1) is 0 Å². The van der Waals surface area contributed by atoms with E-state index >= 15 is 0 Å². The van der Waals surface area contributed by atoms with Gasteiger partial charge in [0.25, 0.3) is 0 Å². The minimum absolute atomic E-state index is 0.0320. The highest BCUT2D eigenvalue weighted by Gasteiger charge is 2.51. The number of sulfonamides is 1. The van der Waals surface area contributed by atoms with Crippen molar-refractivity contribution < 1.29 is 27.9 Å². The molecule has 0 spiro atoms. The first kappa shape index (κ1) is 26.3. The number of nitrogens with zero attached hydrogens (tertiary/aromatic N) is 2. The van der Waals surface area contributed by atoms with E-state index in [9.17, 15) is 22.8 Å². The third kappa shape index (κ3) is 5.83. The standard InChI is InChI=1S/C24H40N4O6S/c1-24(10-11-24)26-35(33,34)18-8-9-20-19(14-18)22(31)27(2)23(32)28(20)15-16-4-6-17(7-5-16)21(30)25-12-3-13-29/h16-20,26,29H,3-15H2,1-2H3,(H,25,30). The van der Waals surface area contributed by atoms with E-state index in [0.29, 0.717) is 32.4 Å². The maximum Gasteiger partial charge on any atom is 0.326 e. The molecule has 3 N–H and O–H groups in total. The summed E-state index contributed by atoms with van der Waals surface area (Å²) in [5, 5.41) is 11.1. The zero-order chi connectivity index (χ0) is 25.4. The van der Waals surface area contributed by atoms with E-state index in [0.717, 1.165) is 43.4 Å². The highest BCUT2D eigenvalue weighted by atomic mass is 32.2. The van der Waals surface area contributed by atoms with Gasteiger partial charge in [0, 0.05) is 44.2 Å². The van der Waals surface area contributed by atoms with Crippen LogP contribution in [-0.4, -0.2) is 84.7 Å². The van der Waals surface area contributed by atoms with E-state index < -0.39 is 21.2 Å². The number of carbonyl (C=O) groups is 3. The van der Waals surface area contributed by atoms with E-state index in [1.807, 2.05) is 6.92 Å². The van der Waals surface area contributed by atoms with Crippen molar-refractivity contribution >= 4 is 27.9 Å². The Morgan fingerprint density at radius 2 is 1.80 bits per heavy atom. The van der Waals surface area contributed by atoms with Gasteiger partial charge in [-0.2, -0.15) is 0 Å². The number of imide groups is 1. The minimum Gasteiger partial charge on any atom is -0.396 e. The molecular weight excluding hydrogens is 472 g/mol. The predicted octanol–water partition coefficient (Wildman–Crippen LogP) is 1.19. The SMILES string of the molecule is CN1C(=O)C2CC(S(=O)(=O)NC3(C)CC3)CCC2N(CC2CCC(C(=O)NCCCO)CC2)C1=O. The van der Waals surface area contributed by atoms with Crippen LogP contribution in [-0.2, 0) is 19.6 Å². The lowest BCUT2D eigenvalue weighted by Gasteiger charge is -2.48. The molecule has 1 aliphatic heterocycles. The van der Waals surface area contributed by atoms with Crippen LogP contribution >= 0.6 is 0 Å². The van der Waals surface area contributed by atoms with E-state index in [1.54, 1.807) is 4.90 Å². The molecule has 10 nitrogen and oxygen atoms in total. The van der Waals surface area contributed by atoms with Gasteiger partial charge in [-0.05, 0) is 77.0 Å². The molecule has 0 radical (unpaired) electrons. The average Bonchev–Trinajstić information content (AvgIpc) is 3.56. The van der Waals surface area contributed by atoms with E-state index in [2.05, 4.69) is 10.0 Å². The second-order valence-electron chi connectivity index (χ2n) is 11.2. The molecule has 35 heavy (non-hydrogen) atoms. The topological polar surface area (TPSA) is 136 Å². The lowest BCUT2D eigenvalue weighted by atomic mass is 9.78. The second-order valence-corrected chi connectivity index (χ2v) is 13.2. The number of urea groups is 1. The predicted molar refractivity (Wildman–Crippen MR) is 130 cm³/mol. The smallest absolute Gasteiger partial charge is 0.326 e. The van der Waals surface area contributed by atoms with Crippen LogP contribution in [0.15, 0.2) is 0 Å². The molecule has 4 amide bonds. The van der Waals surface area contributed by atoms with Gasteiger partial charge in [-0.25, -0.2) is 17.9 Å². The molecule has 11 heteroatoms.